The van der Waals surface area contributed by atoms with Crippen LogP contribution in [0.25, 0.3) is 0 Å². The number of nitro groups is 1. The summed E-state index contributed by atoms with van der Waals surface area (Å²) in [5.74, 6) is 1.05. The van der Waals surface area contributed by atoms with Gasteiger partial charge >= 0.3 is 0 Å². The van der Waals surface area contributed by atoms with E-state index in [1.54, 1.807) is 10.9 Å². The molecule has 8 heteroatoms. The molecule has 0 aliphatic rings. The Labute approximate surface area is 115 Å². The molecule has 0 bridgehead atoms. The van der Waals surface area contributed by atoms with Gasteiger partial charge in [-0.3, -0.25) is 14.8 Å². The van der Waals surface area contributed by atoms with E-state index in [2.05, 4.69) is 15.4 Å². The molecule has 1 N–H and O–H groups in total. The molecule has 0 fully saturated rings. The van der Waals surface area contributed by atoms with Gasteiger partial charge < -0.3 is 10.1 Å². The summed E-state index contributed by atoms with van der Waals surface area (Å²) < 4.78 is 7.19. The Kier molecular flexibility index (Phi) is 4.14. The summed E-state index contributed by atoms with van der Waals surface area (Å²) in [4.78, 5) is 14.6. The minimum absolute atomic E-state index is 0.0752. The van der Waals surface area contributed by atoms with Crippen LogP contribution in [0.4, 0.5) is 11.5 Å². The second kappa shape index (κ2) is 6.00. The third-order valence-electron chi connectivity index (χ3n) is 2.51. The van der Waals surface area contributed by atoms with Gasteiger partial charge in [-0.2, -0.15) is 10.1 Å². The lowest BCUT2D eigenvalue weighted by molar-refractivity contribution is -0.384. The number of rotatable bonds is 6. The molecule has 2 rings (SSSR count). The monoisotopic (exact) mass is 277 g/mol. The van der Waals surface area contributed by atoms with Crippen LogP contribution in [-0.2, 0) is 6.54 Å². The Morgan fingerprint density at radius 3 is 2.85 bits per heavy atom. The number of nitrogens with one attached hydrogen (secondary N) is 1. The number of pyridine rings is 1. The highest BCUT2D eigenvalue weighted by molar-refractivity contribution is 5.48. The van der Waals surface area contributed by atoms with Crippen LogP contribution in [0, 0.1) is 10.1 Å². The number of anilines is 1. The summed E-state index contributed by atoms with van der Waals surface area (Å²) >= 11 is 0. The molecule has 0 unspecified atom stereocenters. The molecule has 2 aromatic rings. The van der Waals surface area contributed by atoms with Gasteiger partial charge in [-0.15, -0.1) is 0 Å². The van der Waals surface area contributed by atoms with Crippen molar-refractivity contribution in [2.75, 3.05) is 11.9 Å². The average molecular weight is 277 g/mol. The van der Waals surface area contributed by atoms with E-state index < -0.39 is 4.92 Å². The Hall–Kier alpha value is -2.64. The molecule has 0 amide bonds. The standard InChI is InChI=1S/C12H15N5O3/c1-3-13-11-5-9(17(18)19)6-12(15-11)20-10-7-14-16(4-2)8-10/h5-8H,3-4H2,1-2H3,(H,13,15). The average Bonchev–Trinajstić information content (AvgIpc) is 2.86. The third kappa shape index (κ3) is 3.22. The number of nitrogens with zero attached hydrogens (tertiary/aromatic N) is 4. The first-order valence-corrected chi connectivity index (χ1v) is 6.23. The van der Waals surface area contributed by atoms with Crippen LogP contribution in [0.5, 0.6) is 11.6 Å². The lowest BCUT2D eigenvalue weighted by Crippen LogP contribution is -2.01. The van der Waals surface area contributed by atoms with Crippen molar-refractivity contribution in [3.8, 4) is 11.6 Å². The third-order valence-corrected chi connectivity index (χ3v) is 2.51. The molecule has 2 aromatic heterocycles. The van der Waals surface area contributed by atoms with Crippen molar-refractivity contribution in [2.24, 2.45) is 0 Å². The molecular weight excluding hydrogens is 262 g/mol. The number of hydrogen-bond donors (Lipinski definition) is 1. The molecule has 20 heavy (non-hydrogen) atoms. The number of ether oxygens (including phenoxy) is 1. The SMILES string of the molecule is CCNc1cc([N+](=O)[O-])cc(Oc2cnn(CC)c2)n1. The smallest absolute Gasteiger partial charge is 0.278 e. The molecule has 0 saturated heterocycles. The maximum atomic E-state index is 10.9. The number of aryl methyl sites for hydroxylation is 1. The zero-order valence-corrected chi connectivity index (χ0v) is 11.2. The van der Waals surface area contributed by atoms with Gasteiger partial charge in [0.1, 0.15) is 5.82 Å². The first kappa shape index (κ1) is 13.8. The number of hydrogen-bond acceptors (Lipinski definition) is 6. The Balaban J connectivity index is 2.27. The molecule has 0 spiro atoms. The maximum absolute atomic E-state index is 10.9. The molecule has 0 saturated carbocycles. The second-order valence-corrected chi connectivity index (χ2v) is 3.97. The summed E-state index contributed by atoms with van der Waals surface area (Å²) in [7, 11) is 0. The quantitative estimate of drug-likeness (QED) is 0.643. The van der Waals surface area contributed by atoms with Gasteiger partial charge in [0.2, 0.25) is 5.88 Å². The van der Waals surface area contributed by atoms with Crippen LogP contribution in [-0.4, -0.2) is 26.2 Å². The van der Waals surface area contributed by atoms with E-state index in [4.69, 9.17) is 4.74 Å². The van der Waals surface area contributed by atoms with Gasteiger partial charge in [0.25, 0.3) is 5.69 Å². The first-order chi connectivity index (χ1) is 9.62. The predicted octanol–water partition coefficient (Wildman–Crippen LogP) is 2.43. The molecule has 106 valence electrons. The highest BCUT2D eigenvalue weighted by atomic mass is 16.6. The van der Waals surface area contributed by atoms with Crippen molar-refractivity contribution in [1.29, 1.82) is 0 Å². The first-order valence-electron chi connectivity index (χ1n) is 6.23. The summed E-state index contributed by atoms with van der Waals surface area (Å²) in [5.41, 5.74) is -0.0752. The van der Waals surface area contributed by atoms with Crippen molar-refractivity contribution < 1.29 is 9.66 Å². The molecule has 0 aliphatic carbocycles. The lowest BCUT2D eigenvalue weighted by Gasteiger charge is -2.06. The minimum Gasteiger partial charge on any atom is -0.435 e. The van der Waals surface area contributed by atoms with Crippen molar-refractivity contribution in [3.63, 3.8) is 0 Å². The van der Waals surface area contributed by atoms with Gasteiger partial charge in [-0.05, 0) is 13.8 Å². The van der Waals surface area contributed by atoms with Gasteiger partial charge in [0.15, 0.2) is 5.75 Å². The van der Waals surface area contributed by atoms with Crippen LogP contribution >= 0.6 is 0 Å². The van der Waals surface area contributed by atoms with Gasteiger partial charge in [-0.1, -0.05) is 0 Å². The fourth-order valence-corrected chi connectivity index (χ4v) is 1.61. The van der Waals surface area contributed by atoms with Crippen LogP contribution < -0.4 is 10.1 Å². The van der Waals surface area contributed by atoms with E-state index in [1.807, 2.05) is 13.8 Å². The van der Waals surface area contributed by atoms with Crippen molar-refractivity contribution in [1.82, 2.24) is 14.8 Å². The van der Waals surface area contributed by atoms with E-state index in [-0.39, 0.29) is 11.6 Å². The van der Waals surface area contributed by atoms with Crippen molar-refractivity contribution >= 4 is 11.5 Å². The zero-order valence-electron chi connectivity index (χ0n) is 11.2. The molecular formula is C12H15N5O3. The highest BCUT2D eigenvalue weighted by Crippen LogP contribution is 2.26. The molecule has 2 heterocycles. The predicted molar refractivity (Wildman–Crippen MR) is 73.0 cm³/mol. The topological polar surface area (TPSA) is 95.1 Å². The normalized spacial score (nSPS) is 10.3. The Morgan fingerprint density at radius 2 is 2.25 bits per heavy atom. The molecule has 0 aliphatic heterocycles. The molecule has 8 nitrogen and oxygen atoms in total. The Morgan fingerprint density at radius 1 is 1.45 bits per heavy atom. The van der Waals surface area contributed by atoms with Gasteiger partial charge in [0.05, 0.1) is 29.4 Å². The van der Waals surface area contributed by atoms with Crippen LogP contribution in [0.3, 0.4) is 0 Å². The second-order valence-electron chi connectivity index (χ2n) is 3.97. The fourth-order valence-electron chi connectivity index (χ4n) is 1.61. The maximum Gasteiger partial charge on any atom is 0.278 e. The molecule has 0 atom stereocenters. The minimum atomic E-state index is -0.481. The van der Waals surface area contributed by atoms with Crippen LogP contribution in [0.2, 0.25) is 0 Å². The Bertz CT molecular complexity index is 611. The van der Waals surface area contributed by atoms with E-state index >= 15 is 0 Å². The zero-order chi connectivity index (χ0) is 14.5. The van der Waals surface area contributed by atoms with Crippen LogP contribution in [0.15, 0.2) is 24.5 Å². The van der Waals surface area contributed by atoms with Gasteiger partial charge in [0, 0.05) is 13.1 Å². The van der Waals surface area contributed by atoms with E-state index in [0.29, 0.717) is 24.7 Å². The number of aromatic nitrogens is 3. The lowest BCUT2D eigenvalue weighted by atomic mass is 10.4. The van der Waals surface area contributed by atoms with E-state index in [1.165, 1.54) is 18.3 Å². The summed E-state index contributed by atoms with van der Waals surface area (Å²) in [6, 6.07) is 2.65. The fraction of sp³-hybridized carbons (Fsp3) is 0.333. The molecule has 0 aromatic carbocycles. The largest absolute Gasteiger partial charge is 0.435 e. The summed E-state index contributed by atoms with van der Waals surface area (Å²) in [6.45, 7) is 5.16. The van der Waals surface area contributed by atoms with E-state index in [9.17, 15) is 10.1 Å². The van der Waals surface area contributed by atoms with Crippen LogP contribution in [0.1, 0.15) is 13.8 Å². The summed E-state index contributed by atoms with van der Waals surface area (Å²) in [6.07, 6.45) is 3.24. The summed E-state index contributed by atoms with van der Waals surface area (Å²) in [5, 5.41) is 17.9. The van der Waals surface area contributed by atoms with Crippen molar-refractivity contribution in [2.45, 2.75) is 20.4 Å². The van der Waals surface area contributed by atoms with Crippen molar-refractivity contribution in [3.05, 3.63) is 34.6 Å². The highest BCUT2D eigenvalue weighted by Gasteiger charge is 2.13. The van der Waals surface area contributed by atoms with Gasteiger partial charge in [-0.25, -0.2) is 0 Å². The molecule has 0 radical (unpaired) electrons. The van der Waals surface area contributed by atoms with E-state index in [0.717, 1.165) is 0 Å².